The number of hydrogen-bond acceptors (Lipinski definition) is 6. The number of nitrogens with one attached hydrogen (secondary N) is 1. The number of carbonyl (C=O) groups is 1. The summed E-state index contributed by atoms with van der Waals surface area (Å²) < 4.78 is 33.3. The number of nitrogens with zero attached hydrogens (tertiary/aromatic N) is 2. The normalized spacial score (nSPS) is 16.0. The molecule has 2 aromatic carbocycles. The summed E-state index contributed by atoms with van der Waals surface area (Å²) in [6.45, 7) is 0.634. The quantitative estimate of drug-likeness (QED) is 0.669. The number of aromatic nitrogens is 1. The zero-order valence-corrected chi connectivity index (χ0v) is 17.5. The van der Waals surface area contributed by atoms with E-state index in [2.05, 4.69) is 10.3 Å². The second-order valence-corrected chi connectivity index (χ2v) is 9.70. The third-order valence-corrected chi connectivity index (χ3v) is 7.84. The number of hydrogen-bond donors (Lipinski definition) is 1. The lowest BCUT2D eigenvalue weighted by atomic mass is 9.97. The molecule has 0 radical (unpaired) electrons. The molecular weight excluding hydrogens is 410 g/mol. The van der Waals surface area contributed by atoms with Crippen LogP contribution in [-0.4, -0.2) is 43.8 Å². The Morgan fingerprint density at radius 3 is 2.59 bits per heavy atom. The Morgan fingerprint density at radius 2 is 1.90 bits per heavy atom. The largest absolute Gasteiger partial charge is 0.497 e. The lowest BCUT2D eigenvalue weighted by molar-refractivity contribution is -0.120. The first kappa shape index (κ1) is 19.8. The van der Waals surface area contributed by atoms with Crippen molar-refractivity contribution < 1.29 is 17.9 Å². The predicted octanol–water partition coefficient (Wildman–Crippen LogP) is 3.34. The van der Waals surface area contributed by atoms with Crippen molar-refractivity contribution in [3.63, 3.8) is 0 Å². The lowest BCUT2D eigenvalue weighted by Crippen LogP contribution is -2.41. The van der Waals surface area contributed by atoms with Crippen molar-refractivity contribution in [1.29, 1.82) is 0 Å². The highest BCUT2D eigenvalue weighted by Crippen LogP contribution is 2.27. The molecule has 0 unspecified atom stereocenters. The van der Waals surface area contributed by atoms with Gasteiger partial charge in [-0.05, 0) is 55.3 Å². The van der Waals surface area contributed by atoms with Crippen LogP contribution in [0.25, 0.3) is 10.2 Å². The molecule has 1 aliphatic rings. The molecule has 2 heterocycles. The first-order chi connectivity index (χ1) is 14.0. The molecule has 1 aliphatic heterocycles. The average Bonchev–Trinajstić information content (AvgIpc) is 3.22. The van der Waals surface area contributed by atoms with Gasteiger partial charge in [-0.2, -0.15) is 4.31 Å². The fourth-order valence-electron chi connectivity index (χ4n) is 3.44. The maximum absolute atomic E-state index is 12.8. The van der Waals surface area contributed by atoms with E-state index >= 15 is 0 Å². The molecule has 7 nitrogen and oxygen atoms in total. The molecule has 1 amide bonds. The number of methoxy groups -OCH3 is 1. The molecule has 3 aromatic rings. The molecule has 1 saturated heterocycles. The summed E-state index contributed by atoms with van der Waals surface area (Å²) in [6.07, 6.45) is 0.973. The van der Waals surface area contributed by atoms with E-state index in [1.54, 1.807) is 41.1 Å². The van der Waals surface area contributed by atoms with Gasteiger partial charge in [-0.3, -0.25) is 4.79 Å². The van der Waals surface area contributed by atoms with Crippen LogP contribution < -0.4 is 10.1 Å². The van der Waals surface area contributed by atoms with Crippen LogP contribution in [0, 0.1) is 5.92 Å². The van der Waals surface area contributed by atoms with Crippen molar-refractivity contribution in [1.82, 2.24) is 9.29 Å². The first-order valence-corrected chi connectivity index (χ1v) is 11.6. The second-order valence-electron chi connectivity index (χ2n) is 6.88. The third kappa shape index (κ3) is 4.12. The molecule has 0 saturated carbocycles. The maximum atomic E-state index is 12.8. The van der Waals surface area contributed by atoms with Crippen molar-refractivity contribution >= 4 is 43.2 Å². The molecule has 1 fully saturated rings. The molecule has 1 aromatic heterocycles. The van der Waals surface area contributed by atoms with Gasteiger partial charge in [-0.15, -0.1) is 11.3 Å². The highest BCUT2D eigenvalue weighted by atomic mass is 32.2. The summed E-state index contributed by atoms with van der Waals surface area (Å²) in [5.74, 6) is 0.305. The first-order valence-electron chi connectivity index (χ1n) is 9.26. The van der Waals surface area contributed by atoms with Crippen molar-refractivity contribution in [2.75, 3.05) is 25.5 Å². The highest BCUT2D eigenvalue weighted by molar-refractivity contribution is 7.89. The standard InChI is InChI=1S/C20H21N3O4S2/c1-27-16-3-5-17(6-4-16)29(25,26)23-10-8-14(9-11-23)20(24)22-15-2-7-19-18(12-15)21-13-28-19/h2-7,12-14H,8-11H2,1H3,(H,22,24). The number of benzene rings is 2. The van der Waals surface area contributed by atoms with E-state index in [0.29, 0.717) is 37.4 Å². The van der Waals surface area contributed by atoms with Crippen molar-refractivity contribution in [3.8, 4) is 5.75 Å². The van der Waals surface area contributed by atoms with E-state index in [4.69, 9.17) is 4.74 Å². The van der Waals surface area contributed by atoms with E-state index in [1.807, 2.05) is 18.2 Å². The van der Waals surface area contributed by atoms with Crippen LogP contribution in [0.4, 0.5) is 5.69 Å². The minimum absolute atomic E-state index is 0.0823. The lowest BCUT2D eigenvalue weighted by Gasteiger charge is -2.30. The number of sulfonamides is 1. The number of fused-ring (bicyclic) bond motifs is 1. The van der Waals surface area contributed by atoms with E-state index in [9.17, 15) is 13.2 Å². The Morgan fingerprint density at radius 1 is 1.17 bits per heavy atom. The molecule has 4 rings (SSSR count). The van der Waals surface area contributed by atoms with Crippen LogP contribution in [0.15, 0.2) is 52.9 Å². The topological polar surface area (TPSA) is 88.6 Å². The monoisotopic (exact) mass is 431 g/mol. The van der Waals surface area contributed by atoms with Gasteiger partial charge < -0.3 is 10.1 Å². The van der Waals surface area contributed by atoms with Gasteiger partial charge in [0.1, 0.15) is 5.75 Å². The minimum Gasteiger partial charge on any atom is -0.497 e. The maximum Gasteiger partial charge on any atom is 0.243 e. The number of ether oxygens (including phenoxy) is 1. The van der Waals surface area contributed by atoms with Crippen molar-refractivity contribution in [3.05, 3.63) is 48.0 Å². The molecule has 29 heavy (non-hydrogen) atoms. The SMILES string of the molecule is COc1ccc(S(=O)(=O)N2CCC(C(=O)Nc3ccc4scnc4c3)CC2)cc1. The molecule has 0 atom stereocenters. The summed E-state index contributed by atoms with van der Waals surface area (Å²) in [5, 5.41) is 2.94. The zero-order valence-electron chi connectivity index (χ0n) is 15.9. The number of anilines is 1. The average molecular weight is 432 g/mol. The number of rotatable bonds is 5. The van der Waals surface area contributed by atoms with Gasteiger partial charge >= 0.3 is 0 Å². The Kier molecular flexibility index (Phi) is 5.53. The smallest absolute Gasteiger partial charge is 0.243 e. The predicted molar refractivity (Wildman–Crippen MR) is 113 cm³/mol. The Hall–Kier alpha value is -2.49. The Bertz CT molecular complexity index is 1120. The molecule has 152 valence electrons. The molecule has 1 N–H and O–H groups in total. The number of carbonyl (C=O) groups excluding carboxylic acids is 1. The third-order valence-electron chi connectivity index (χ3n) is 5.12. The Labute approximate surface area is 173 Å². The number of thiazole rings is 1. The number of piperidine rings is 1. The molecule has 0 aliphatic carbocycles. The van der Waals surface area contributed by atoms with Crippen LogP contribution in [0.1, 0.15) is 12.8 Å². The molecule has 0 bridgehead atoms. The van der Waals surface area contributed by atoms with Gasteiger partial charge in [-0.1, -0.05) is 0 Å². The van der Waals surface area contributed by atoms with Crippen LogP contribution in [-0.2, 0) is 14.8 Å². The van der Waals surface area contributed by atoms with Gasteiger partial charge in [0.25, 0.3) is 0 Å². The fourth-order valence-corrected chi connectivity index (χ4v) is 5.56. The summed E-state index contributed by atoms with van der Waals surface area (Å²) in [6, 6.07) is 12.0. The Balaban J connectivity index is 1.38. The van der Waals surface area contributed by atoms with Crippen molar-refractivity contribution in [2.24, 2.45) is 5.92 Å². The second kappa shape index (κ2) is 8.10. The van der Waals surface area contributed by atoms with Crippen LogP contribution in [0.2, 0.25) is 0 Å². The molecular formula is C20H21N3O4S2. The van der Waals surface area contributed by atoms with Crippen LogP contribution in [0.3, 0.4) is 0 Å². The highest BCUT2D eigenvalue weighted by Gasteiger charge is 2.32. The summed E-state index contributed by atoms with van der Waals surface area (Å²) >= 11 is 1.55. The van der Waals surface area contributed by atoms with Gasteiger partial charge in [-0.25, -0.2) is 13.4 Å². The summed E-state index contributed by atoms with van der Waals surface area (Å²) in [4.78, 5) is 17.1. The van der Waals surface area contributed by atoms with Crippen molar-refractivity contribution in [2.45, 2.75) is 17.7 Å². The van der Waals surface area contributed by atoms with Gasteiger partial charge in [0.15, 0.2) is 0 Å². The molecule has 9 heteroatoms. The zero-order chi connectivity index (χ0) is 20.4. The van der Waals surface area contributed by atoms with E-state index in [-0.39, 0.29) is 16.7 Å². The van der Waals surface area contributed by atoms with Gasteiger partial charge in [0, 0.05) is 24.7 Å². The van der Waals surface area contributed by atoms with Gasteiger partial charge in [0.05, 0.1) is 27.7 Å². The van der Waals surface area contributed by atoms with Crippen LogP contribution in [0.5, 0.6) is 5.75 Å². The van der Waals surface area contributed by atoms with Gasteiger partial charge in [0.2, 0.25) is 15.9 Å². The van der Waals surface area contributed by atoms with E-state index in [0.717, 1.165) is 10.2 Å². The van der Waals surface area contributed by atoms with E-state index in [1.165, 1.54) is 11.4 Å². The summed E-state index contributed by atoms with van der Waals surface area (Å²) in [5.41, 5.74) is 3.34. The van der Waals surface area contributed by atoms with E-state index < -0.39 is 10.0 Å². The molecule has 0 spiro atoms. The fraction of sp³-hybridized carbons (Fsp3) is 0.300. The van der Waals surface area contributed by atoms with Crippen LogP contribution >= 0.6 is 11.3 Å². The minimum atomic E-state index is -3.57. The number of amides is 1. The summed E-state index contributed by atoms with van der Waals surface area (Å²) in [7, 11) is -2.04.